The van der Waals surface area contributed by atoms with E-state index in [1.807, 2.05) is 18.2 Å². The molecule has 36 heavy (non-hydrogen) atoms. The monoisotopic (exact) mass is 498 g/mol. The molecule has 9 heteroatoms. The van der Waals surface area contributed by atoms with Crippen LogP contribution in [0.2, 0.25) is 0 Å². The first-order valence-electron chi connectivity index (χ1n) is 13.4. The lowest BCUT2D eigenvalue weighted by atomic mass is 9.91. The molecule has 5 N–H and O–H groups in total. The van der Waals surface area contributed by atoms with Crippen LogP contribution in [-0.4, -0.2) is 66.6 Å². The molecule has 1 atom stereocenters. The van der Waals surface area contributed by atoms with Crippen molar-refractivity contribution in [3.05, 3.63) is 36.3 Å². The van der Waals surface area contributed by atoms with Crippen LogP contribution in [0.1, 0.15) is 51.4 Å². The Labute approximate surface area is 212 Å². The minimum Gasteiger partial charge on any atom is -0.381 e. The van der Waals surface area contributed by atoms with Crippen LogP contribution in [-0.2, 0) is 9.47 Å². The molecule has 3 fully saturated rings. The number of nitrogens with zero attached hydrogens (tertiary/aromatic N) is 2. The highest BCUT2D eigenvalue weighted by Gasteiger charge is 2.28. The van der Waals surface area contributed by atoms with Gasteiger partial charge in [0.25, 0.3) is 0 Å². The number of halogens is 1. The average Bonchev–Trinajstić information content (AvgIpc) is 3.43. The number of pyridine rings is 2. The molecule has 1 aliphatic carbocycles. The van der Waals surface area contributed by atoms with Gasteiger partial charge in [-0.25, -0.2) is 14.4 Å². The number of ether oxygens (including phenoxy) is 2. The van der Waals surface area contributed by atoms with Crippen LogP contribution < -0.4 is 21.7 Å². The number of aromatic nitrogens is 2. The summed E-state index contributed by atoms with van der Waals surface area (Å²) >= 11 is 0. The second-order valence-electron chi connectivity index (χ2n) is 10.5. The van der Waals surface area contributed by atoms with E-state index < -0.39 is 0 Å². The average molecular weight is 499 g/mol. The topological polar surface area (TPSA) is 106 Å². The zero-order valence-electron chi connectivity index (χ0n) is 21.0. The van der Waals surface area contributed by atoms with Gasteiger partial charge in [0, 0.05) is 56.1 Å². The molecule has 0 radical (unpaired) electrons. The van der Waals surface area contributed by atoms with E-state index >= 15 is 0 Å². The summed E-state index contributed by atoms with van der Waals surface area (Å²) in [5.74, 6) is 0.987. The van der Waals surface area contributed by atoms with Crippen molar-refractivity contribution in [1.29, 1.82) is 0 Å². The van der Waals surface area contributed by atoms with Gasteiger partial charge in [-0.1, -0.05) is 6.07 Å². The predicted molar refractivity (Wildman–Crippen MR) is 140 cm³/mol. The van der Waals surface area contributed by atoms with Crippen molar-refractivity contribution < 1.29 is 13.9 Å². The van der Waals surface area contributed by atoms with Crippen LogP contribution in [0.5, 0.6) is 0 Å². The molecule has 2 saturated heterocycles. The summed E-state index contributed by atoms with van der Waals surface area (Å²) in [7, 11) is 0. The Bertz CT molecular complexity index is 988. The Balaban J connectivity index is 1.16. The standard InChI is InChI=1S/C27H39FN6O2/c28-23-17-31-26(33-20-8-6-19(7-9-20)30-16-21-3-2-12-36-21)15-22(23)24-4-1-5-25(34-24)32-18-27(29)10-13-35-14-11-27/h1,4-5,15,17,19-21,30H,2-3,6-14,16,18,29H2,(H,31,33)(H,32,34)/t19?,20?,21-/m1/s1. The van der Waals surface area contributed by atoms with Gasteiger partial charge in [0.15, 0.2) is 5.82 Å². The van der Waals surface area contributed by atoms with Gasteiger partial charge < -0.3 is 31.2 Å². The Morgan fingerprint density at radius 3 is 2.61 bits per heavy atom. The van der Waals surface area contributed by atoms with Gasteiger partial charge in [-0.15, -0.1) is 0 Å². The van der Waals surface area contributed by atoms with Gasteiger partial charge in [-0.05, 0) is 69.6 Å². The lowest BCUT2D eigenvalue weighted by Crippen LogP contribution is -2.50. The van der Waals surface area contributed by atoms with Gasteiger partial charge in [0.2, 0.25) is 0 Å². The van der Waals surface area contributed by atoms with E-state index in [0.29, 0.717) is 60.8 Å². The molecule has 2 aliphatic heterocycles. The second-order valence-corrected chi connectivity index (χ2v) is 10.5. The lowest BCUT2D eigenvalue weighted by Gasteiger charge is -2.33. The number of rotatable bonds is 9. The Kier molecular flexibility index (Phi) is 8.31. The number of nitrogens with one attached hydrogen (secondary N) is 3. The first kappa shape index (κ1) is 25.3. The molecule has 8 nitrogen and oxygen atoms in total. The number of nitrogens with two attached hydrogens (primary N) is 1. The molecule has 0 bridgehead atoms. The van der Waals surface area contributed by atoms with Crippen LogP contribution in [0.4, 0.5) is 16.0 Å². The molecular formula is C27H39FN6O2. The van der Waals surface area contributed by atoms with Crippen LogP contribution in [0.3, 0.4) is 0 Å². The van der Waals surface area contributed by atoms with Gasteiger partial charge in [-0.3, -0.25) is 0 Å². The van der Waals surface area contributed by atoms with E-state index in [0.717, 1.165) is 51.7 Å². The van der Waals surface area contributed by atoms with E-state index in [1.54, 1.807) is 6.07 Å². The maximum Gasteiger partial charge on any atom is 0.151 e. The lowest BCUT2D eigenvalue weighted by molar-refractivity contribution is 0.0574. The van der Waals surface area contributed by atoms with Gasteiger partial charge in [0.05, 0.1) is 18.0 Å². The van der Waals surface area contributed by atoms with Crippen LogP contribution >= 0.6 is 0 Å². The van der Waals surface area contributed by atoms with Gasteiger partial charge >= 0.3 is 0 Å². The summed E-state index contributed by atoms with van der Waals surface area (Å²) in [5, 5.41) is 10.5. The van der Waals surface area contributed by atoms with Crippen molar-refractivity contribution in [2.24, 2.45) is 5.73 Å². The summed E-state index contributed by atoms with van der Waals surface area (Å²) in [4.78, 5) is 8.96. The van der Waals surface area contributed by atoms with Crippen LogP contribution in [0, 0.1) is 5.82 Å². The third-order valence-electron chi connectivity index (χ3n) is 7.73. The van der Waals surface area contributed by atoms with E-state index in [9.17, 15) is 4.39 Å². The maximum atomic E-state index is 14.8. The van der Waals surface area contributed by atoms with E-state index in [2.05, 4.69) is 25.9 Å². The minimum absolute atomic E-state index is 0.312. The summed E-state index contributed by atoms with van der Waals surface area (Å²) in [6, 6.07) is 8.23. The summed E-state index contributed by atoms with van der Waals surface area (Å²) in [6.45, 7) is 3.81. The van der Waals surface area contributed by atoms with Crippen molar-refractivity contribution in [2.75, 3.05) is 43.5 Å². The van der Waals surface area contributed by atoms with Crippen molar-refractivity contribution in [1.82, 2.24) is 15.3 Å². The summed E-state index contributed by atoms with van der Waals surface area (Å²) in [5.41, 5.74) is 7.19. The maximum absolute atomic E-state index is 14.8. The normalized spacial score (nSPS) is 26.0. The fraction of sp³-hybridized carbons (Fsp3) is 0.630. The SMILES string of the molecule is NC1(CNc2cccc(-c3cc(NC4CCC(NC[C@H]5CCCO5)CC4)ncc3F)n2)CCOCC1. The molecular weight excluding hydrogens is 459 g/mol. The van der Waals surface area contributed by atoms with Crippen molar-refractivity contribution >= 4 is 11.6 Å². The predicted octanol–water partition coefficient (Wildman–Crippen LogP) is 3.69. The number of hydrogen-bond donors (Lipinski definition) is 4. The number of hydrogen-bond acceptors (Lipinski definition) is 8. The highest BCUT2D eigenvalue weighted by molar-refractivity contribution is 5.65. The Morgan fingerprint density at radius 2 is 1.83 bits per heavy atom. The van der Waals surface area contributed by atoms with Crippen molar-refractivity contribution in [3.63, 3.8) is 0 Å². The van der Waals surface area contributed by atoms with Crippen molar-refractivity contribution in [2.45, 2.75) is 75.1 Å². The third kappa shape index (κ3) is 6.70. The first-order chi connectivity index (χ1) is 17.6. The molecule has 2 aromatic rings. The highest BCUT2D eigenvalue weighted by atomic mass is 19.1. The molecule has 0 aromatic carbocycles. The largest absolute Gasteiger partial charge is 0.381 e. The molecule has 1 saturated carbocycles. The quantitative estimate of drug-likeness (QED) is 0.415. The zero-order chi connectivity index (χ0) is 24.8. The fourth-order valence-corrected chi connectivity index (χ4v) is 5.37. The van der Waals surface area contributed by atoms with Crippen molar-refractivity contribution in [3.8, 4) is 11.3 Å². The van der Waals surface area contributed by atoms with Gasteiger partial charge in [0.1, 0.15) is 11.6 Å². The van der Waals surface area contributed by atoms with E-state index in [-0.39, 0.29) is 11.4 Å². The Morgan fingerprint density at radius 1 is 1.03 bits per heavy atom. The molecule has 0 amide bonds. The summed E-state index contributed by atoms with van der Waals surface area (Å²) in [6.07, 6.45) is 9.96. The van der Waals surface area contributed by atoms with E-state index in [1.165, 1.54) is 19.0 Å². The smallest absolute Gasteiger partial charge is 0.151 e. The molecule has 2 aromatic heterocycles. The molecule has 5 rings (SSSR count). The van der Waals surface area contributed by atoms with E-state index in [4.69, 9.17) is 15.2 Å². The zero-order valence-corrected chi connectivity index (χ0v) is 21.0. The first-order valence-corrected chi connectivity index (χ1v) is 13.4. The fourth-order valence-electron chi connectivity index (χ4n) is 5.37. The molecule has 4 heterocycles. The van der Waals surface area contributed by atoms with Crippen LogP contribution in [0.25, 0.3) is 11.3 Å². The van der Waals surface area contributed by atoms with Crippen LogP contribution in [0.15, 0.2) is 30.5 Å². The molecule has 196 valence electrons. The molecule has 0 unspecified atom stereocenters. The number of anilines is 2. The Hall–Kier alpha value is -2.33. The minimum atomic E-state index is -0.382. The summed E-state index contributed by atoms with van der Waals surface area (Å²) < 4.78 is 25.9. The molecule has 0 spiro atoms. The highest BCUT2D eigenvalue weighted by Crippen LogP contribution is 2.27. The van der Waals surface area contributed by atoms with Gasteiger partial charge in [-0.2, -0.15) is 0 Å². The second kappa shape index (κ2) is 11.8. The third-order valence-corrected chi connectivity index (χ3v) is 7.73. The molecule has 3 aliphatic rings.